The molecule has 0 saturated carbocycles. The molecule has 1 aliphatic heterocycles. The maximum absolute atomic E-state index is 5.58. The quantitative estimate of drug-likeness (QED) is 0.573. The molecule has 0 aromatic rings. The molecule has 0 bridgehead atoms. The van der Waals surface area contributed by atoms with E-state index in [1.807, 2.05) is 6.92 Å². The first-order chi connectivity index (χ1) is 4.74. The van der Waals surface area contributed by atoms with Gasteiger partial charge in [-0.2, -0.15) is 0 Å². The molecule has 0 amide bonds. The van der Waals surface area contributed by atoms with Crippen LogP contribution in [0.15, 0.2) is 11.8 Å². The van der Waals surface area contributed by atoms with E-state index in [9.17, 15) is 0 Å². The summed E-state index contributed by atoms with van der Waals surface area (Å²) in [5, 5.41) is 0. The molecule has 10 heavy (non-hydrogen) atoms. The second-order valence-electron chi connectivity index (χ2n) is 3.09. The van der Waals surface area contributed by atoms with Gasteiger partial charge in [0, 0.05) is 6.42 Å². The third-order valence-corrected chi connectivity index (χ3v) is 2.25. The Kier molecular flexibility index (Phi) is 2.36. The van der Waals surface area contributed by atoms with Gasteiger partial charge in [0.05, 0.1) is 5.76 Å². The predicted molar refractivity (Wildman–Crippen MR) is 42.7 cm³/mol. The molecule has 1 nitrogen and oxygen atoms in total. The van der Waals surface area contributed by atoms with Gasteiger partial charge in [0.15, 0.2) is 0 Å². The van der Waals surface area contributed by atoms with Crippen LogP contribution in [0.4, 0.5) is 0 Å². The topological polar surface area (TPSA) is 9.23 Å². The minimum absolute atomic E-state index is 0.463. The van der Waals surface area contributed by atoms with Crippen LogP contribution in [0.3, 0.4) is 0 Å². The summed E-state index contributed by atoms with van der Waals surface area (Å²) >= 11 is 0. The number of ether oxygens (including phenoxy) is 1. The molecular formula is C9H16O. The van der Waals surface area contributed by atoms with Crippen LogP contribution in [0.2, 0.25) is 0 Å². The zero-order valence-corrected chi connectivity index (χ0v) is 7.05. The first kappa shape index (κ1) is 7.64. The van der Waals surface area contributed by atoms with Gasteiger partial charge in [-0.25, -0.2) is 0 Å². The lowest BCUT2D eigenvalue weighted by molar-refractivity contribution is 0.0945. The number of hydrogen-bond donors (Lipinski definition) is 0. The fourth-order valence-electron chi connectivity index (χ4n) is 1.23. The molecule has 0 N–H and O–H groups in total. The van der Waals surface area contributed by atoms with Crippen LogP contribution in [0, 0.1) is 5.92 Å². The van der Waals surface area contributed by atoms with E-state index in [2.05, 4.69) is 19.9 Å². The van der Waals surface area contributed by atoms with Crippen molar-refractivity contribution in [3.05, 3.63) is 11.8 Å². The normalized spacial score (nSPS) is 27.5. The molecule has 1 aliphatic rings. The highest BCUT2D eigenvalue weighted by Crippen LogP contribution is 2.24. The SMILES string of the molecule is CCC(C)C1CC=C(C)O1. The molecule has 0 fully saturated rings. The Labute approximate surface area is 63.1 Å². The molecule has 2 atom stereocenters. The highest BCUT2D eigenvalue weighted by atomic mass is 16.5. The zero-order valence-electron chi connectivity index (χ0n) is 7.05. The molecular weight excluding hydrogens is 124 g/mol. The smallest absolute Gasteiger partial charge is 0.104 e. The van der Waals surface area contributed by atoms with E-state index in [0.717, 1.165) is 12.2 Å². The van der Waals surface area contributed by atoms with E-state index >= 15 is 0 Å². The maximum Gasteiger partial charge on any atom is 0.104 e. The molecule has 0 aromatic heterocycles. The summed E-state index contributed by atoms with van der Waals surface area (Å²) in [5.74, 6) is 1.80. The fraction of sp³-hybridized carbons (Fsp3) is 0.778. The second-order valence-corrected chi connectivity index (χ2v) is 3.09. The van der Waals surface area contributed by atoms with Crippen molar-refractivity contribution in [2.24, 2.45) is 5.92 Å². The van der Waals surface area contributed by atoms with E-state index < -0.39 is 0 Å². The molecule has 1 rings (SSSR count). The summed E-state index contributed by atoms with van der Waals surface area (Å²) in [7, 11) is 0. The monoisotopic (exact) mass is 140 g/mol. The minimum atomic E-state index is 0.463. The van der Waals surface area contributed by atoms with Gasteiger partial charge in [-0.05, 0) is 18.9 Å². The Hall–Kier alpha value is -0.460. The van der Waals surface area contributed by atoms with Crippen molar-refractivity contribution in [1.82, 2.24) is 0 Å². The van der Waals surface area contributed by atoms with Crippen molar-refractivity contribution < 1.29 is 4.74 Å². The van der Waals surface area contributed by atoms with Gasteiger partial charge in [-0.3, -0.25) is 0 Å². The van der Waals surface area contributed by atoms with Crippen molar-refractivity contribution in [3.8, 4) is 0 Å². The van der Waals surface area contributed by atoms with E-state index in [4.69, 9.17) is 4.74 Å². The van der Waals surface area contributed by atoms with Crippen LogP contribution in [-0.2, 0) is 4.74 Å². The minimum Gasteiger partial charge on any atom is -0.495 e. The Morgan fingerprint density at radius 2 is 2.50 bits per heavy atom. The van der Waals surface area contributed by atoms with Crippen molar-refractivity contribution in [2.75, 3.05) is 0 Å². The number of hydrogen-bond acceptors (Lipinski definition) is 1. The van der Waals surface area contributed by atoms with Crippen LogP contribution in [0.25, 0.3) is 0 Å². The maximum atomic E-state index is 5.58. The van der Waals surface area contributed by atoms with Gasteiger partial charge in [0.2, 0.25) is 0 Å². The molecule has 0 saturated heterocycles. The molecule has 0 radical (unpaired) electrons. The van der Waals surface area contributed by atoms with Gasteiger partial charge >= 0.3 is 0 Å². The summed E-state index contributed by atoms with van der Waals surface area (Å²) in [5.41, 5.74) is 0. The van der Waals surface area contributed by atoms with Gasteiger partial charge < -0.3 is 4.74 Å². The lowest BCUT2D eigenvalue weighted by Crippen LogP contribution is -2.15. The average Bonchev–Trinajstić information content (AvgIpc) is 2.34. The predicted octanol–water partition coefficient (Wildman–Crippen LogP) is 2.73. The van der Waals surface area contributed by atoms with Gasteiger partial charge in [-0.15, -0.1) is 0 Å². The fourth-order valence-corrected chi connectivity index (χ4v) is 1.23. The third kappa shape index (κ3) is 1.53. The molecule has 0 aliphatic carbocycles. The lowest BCUT2D eigenvalue weighted by Gasteiger charge is -2.17. The second kappa shape index (κ2) is 3.09. The summed E-state index contributed by atoms with van der Waals surface area (Å²) in [4.78, 5) is 0. The zero-order chi connectivity index (χ0) is 7.56. The van der Waals surface area contributed by atoms with Crippen LogP contribution >= 0.6 is 0 Å². The van der Waals surface area contributed by atoms with Crippen molar-refractivity contribution in [3.63, 3.8) is 0 Å². The molecule has 0 aromatic carbocycles. The first-order valence-corrected chi connectivity index (χ1v) is 4.07. The van der Waals surface area contributed by atoms with E-state index in [1.54, 1.807) is 0 Å². The van der Waals surface area contributed by atoms with Crippen molar-refractivity contribution >= 4 is 0 Å². The highest BCUT2D eigenvalue weighted by Gasteiger charge is 2.20. The Morgan fingerprint density at radius 1 is 1.80 bits per heavy atom. The van der Waals surface area contributed by atoms with E-state index in [0.29, 0.717) is 12.0 Å². The van der Waals surface area contributed by atoms with Crippen LogP contribution in [-0.4, -0.2) is 6.10 Å². The standard InChI is InChI=1S/C9H16O/c1-4-7(2)9-6-5-8(3)10-9/h5,7,9H,4,6H2,1-3H3. The number of rotatable bonds is 2. The van der Waals surface area contributed by atoms with Crippen molar-refractivity contribution in [2.45, 2.75) is 39.7 Å². The van der Waals surface area contributed by atoms with Crippen LogP contribution in [0.1, 0.15) is 33.6 Å². The summed E-state index contributed by atoms with van der Waals surface area (Å²) in [6.07, 6.45) is 4.97. The van der Waals surface area contributed by atoms with Crippen LogP contribution < -0.4 is 0 Å². The Morgan fingerprint density at radius 3 is 2.90 bits per heavy atom. The van der Waals surface area contributed by atoms with Gasteiger partial charge in [0.25, 0.3) is 0 Å². The van der Waals surface area contributed by atoms with Crippen molar-refractivity contribution in [1.29, 1.82) is 0 Å². The third-order valence-electron chi connectivity index (χ3n) is 2.25. The van der Waals surface area contributed by atoms with Crippen LogP contribution in [0.5, 0.6) is 0 Å². The average molecular weight is 140 g/mol. The Bertz CT molecular complexity index is 138. The first-order valence-electron chi connectivity index (χ1n) is 4.07. The molecule has 0 spiro atoms. The molecule has 1 heteroatoms. The Balaban J connectivity index is 2.34. The van der Waals surface area contributed by atoms with Gasteiger partial charge in [-0.1, -0.05) is 20.3 Å². The summed E-state index contributed by atoms with van der Waals surface area (Å²) in [6, 6.07) is 0. The van der Waals surface area contributed by atoms with E-state index in [1.165, 1.54) is 6.42 Å². The highest BCUT2D eigenvalue weighted by molar-refractivity contribution is 4.98. The summed E-state index contributed by atoms with van der Waals surface area (Å²) < 4.78 is 5.58. The van der Waals surface area contributed by atoms with E-state index in [-0.39, 0.29) is 0 Å². The lowest BCUT2D eigenvalue weighted by atomic mass is 10.0. The summed E-state index contributed by atoms with van der Waals surface area (Å²) in [6.45, 7) is 6.49. The number of allylic oxidation sites excluding steroid dienone is 1. The molecule has 58 valence electrons. The molecule has 2 unspecified atom stereocenters. The molecule has 1 heterocycles. The largest absolute Gasteiger partial charge is 0.495 e. The van der Waals surface area contributed by atoms with Gasteiger partial charge in [0.1, 0.15) is 6.10 Å².